The van der Waals surface area contributed by atoms with Crippen LogP contribution in [-0.2, 0) is 6.42 Å². The van der Waals surface area contributed by atoms with Gasteiger partial charge in [0.2, 0.25) is 0 Å². The summed E-state index contributed by atoms with van der Waals surface area (Å²) in [5, 5.41) is 3.64. The molecule has 0 saturated heterocycles. The zero-order valence-electron chi connectivity index (χ0n) is 8.59. The molecule has 0 saturated carbocycles. The Hall–Kier alpha value is -0.760. The van der Waals surface area contributed by atoms with E-state index in [-0.39, 0.29) is 0 Å². The van der Waals surface area contributed by atoms with Crippen LogP contribution in [0.25, 0.3) is 0 Å². The summed E-state index contributed by atoms with van der Waals surface area (Å²) in [6.07, 6.45) is 3.19. The summed E-state index contributed by atoms with van der Waals surface area (Å²) in [6.45, 7) is 6.79. The minimum Gasteiger partial charge on any atom is -0.365 e. The van der Waals surface area contributed by atoms with E-state index in [0.717, 1.165) is 6.42 Å². The Kier molecular flexibility index (Phi) is 2.16. The molecule has 1 aliphatic rings. The lowest BCUT2D eigenvalue weighted by Crippen LogP contribution is -2.39. The molecule has 1 aliphatic heterocycles. The van der Waals surface area contributed by atoms with Gasteiger partial charge in [-0.05, 0) is 24.5 Å². The van der Waals surface area contributed by atoms with Crippen LogP contribution in [0.15, 0.2) is 12.3 Å². The molecular formula is C11H18N2. The molecule has 0 radical (unpaired) electrons. The molecule has 2 atom stereocenters. The fourth-order valence-electron chi connectivity index (χ4n) is 2.20. The fraction of sp³-hybridized carbons (Fsp3) is 0.636. The lowest BCUT2D eigenvalue weighted by Gasteiger charge is -2.31. The van der Waals surface area contributed by atoms with Crippen molar-refractivity contribution in [2.45, 2.75) is 39.3 Å². The monoisotopic (exact) mass is 178 g/mol. The Balaban J connectivity index is 2.32. The molecule has 2 rings (SSSR count). The van der Waals surface area contributed by atoms with E-state index in [1.807, 2.05) is 0 Å². The van der Waals surface area contributed by atoms with Crippen molar-refractivity contribution < 1.29 is 0 Å². The average Bonchev–Trinajstić information content (AvgIpc) is 2.49. The molecule has 2 nitrogen and oxygen atoms in total. The Bertz CT molecular complexity index is 288. The first-order valence-corrected chi connectivity index (χ1v) is 5.10. The number of hydrogen-bond acceptors (Lipinski definition) is 1. The SMILES string of the molecule is CC1Cc2[nH]ccc2C(C(C)C)N1. The van der Waals surface area contributed by atoms with Gasteiger partial charge in [-0.15, -0.1) is 0 Å². The molecular weight excluding hydrogens is 160 g/mol. The maximum absolute atomic E-state index is 3.64. The van der Waals surface area contributed by atoms with Gasteiger partial charge >= 0.3 is 0 Å². The second-order valence-corrected chi connectivity index (χ2v) is 4.41. The Morgan fingerprint density at radius 2 is 2.23 bits per heavy atom. The zero-order valence-corrected chi connectivity index (χ0v) is 8.59. The van der Waals surface area contributed by atoms with Gasteiger partial charge in [-0.25, -0.2) is 0 Å². The number of H-pyrrole nitrogens is 1. The van der Waals surface area contributed by atoms with Crippen LogP contribution in [0.5, 0.6) is 0 Å². The smallest absolute Gasteiger partial charge is 0.0363 e. The van der Waals surface area contributed by atoms with Crippen molar-refractivity contribution in [2.75, 3.05) is 0 Å². The molecule has 1 aromatic rings. The molecule has 0 amide bonds. The topological polar surface area (TPSA) is 27.8 Å². The van der Waals surface area contributed by atoms with Gasteiger partial charge in [0, 0.05) is 30.4 Å². The molecule has 0 aliphatic carbocycles. The van der Waals surface area contributed by atoms with Crippen LogP contribution in [-0.4, -0.2) is 11.0 Å². The number of nitrogens with one attached hydrogen (secondary N) is 2. The molecule has 1 aromatic heterocycles. The van der Waals surface area contributed by atoms with Crippen molar-refractivity contribution >= 4 is 0 Å². The van der Waals surface area contributed by atoms with E-state index in [0.29, 0.717) is 18.0 Å². The first-order chi connectivity index (χ1) is 6.18. The van der Waals surface area contributed by atoms with E-state index >= 15 is 0 Å². The van der Waals surface area contributed by atoms with E-state index in [1.165, 1.54) is 11.3 Å². The molecule has 2 heterocycles. The normalized spacial score (nSPS) is 27.7. The Morgan fingerprint density at radius 3 is 2.92 bits per heavy atom. The minimum atomic E-state index is 0.532. The Morgan fingerprint density at radius 1 is 1.46 bits per heavy atom. The van der Waals surface area contributed by atoms with E-state index in [1.54, 1.807) is 0 Å². The molecule has 2 heteroatoms. The predicted octanol–water partition coefficient (Wildman–Crippen LogP) is 2.25. The highest BCUT2D eigenvalue weighted by atomic mass is 15.0. The predicted molar refractivity (Wildman–Crippen MR) is 54.7 cm³/mol. The zero-order chi connectivity index (χ0) is 9.42. The molecule has 0 fully saturated rings. The minimum absolute atomic E-state index is 0.532. The summed E-state index contributed by atoms with van der Waals surface area (Å²) >= 11 is 0. The van der Waals surface area contributed by atoms with Crippen molar-refractivity contribution in [3.05, 3.63) is 23.5 Å². The van der Waals surface area contributed by atoms with Crippen molar-refractivity contribution in [1.82, 2.24) is 10.3 Å². The second kappa shape index (κ2) is 3.18. The van der Waals surface area contributed by atoms with Crippen molar-refractivity contribution in [3.63, 3.8) is 0 Å². The standard InChI is InChI=1S/C11H18N2/c1-7(2)11-9-4-5-12-10(9)6-8(3)13-11/h4-5,7-8,11-13H,6H2,1-3H3. The first kappa shape index (κ1) is 8.82. The van der Waals surface area contributed by atoms with Crippen LogP contribution in [0.3, 0.4) is 0 Å². The number of aromatic amines is 1. The quantitative estimate of drug-likeness (QED) is 0.678. The van der Waals surface area contributed by atoms with Gasteiger partial charge in [-0.2, -0.15) is 0 Å². The second-order valence-electron chi connectivity index (χ2n) is 4.41. The molecule has 2 N–H and O–H groups in total. The summed E-state index contributed by atoms with van der Waals surface area (Å²) in [5.41, 5.74) is 2.89. The summed E-state index contributed by atoms with van der Waals surface area (Å²) < 4.78 is 0. The summed E-state index contributed by atoms with van der Waals surface area (Å²) in [5.74, 6) is 0.664. The number of hydrogen-bond donors (Lipinski definition) is 2. The molecule has 0 aromatic carbocycles. The van der Waals surface area contributed by atoms with E-state index in [2.05, 4.69) is 43.3 Å². The molecule has 0 spiro atoms. The molecule has 0 bridgehead atoms. The van der Waals surface area contributed by atoms with Gasteiger partial charge in [0.15, 0.2) is 0 Å². The van der Waals surface area contributed by atoms with Gasteiger partial charge in [0.1, 0.15) is 0 Å². The third-order valence-electron chi connectivity index (χ3n) is 2.85. The first-order valence-electron chi connectivity index (χ1n) is 5.10. The van der Waals surface area contributed by atoms with Crippen LogP contribution < -0.4 is 5.32 Å². The summed E-state index contributed by atoms with van der Waals surface area (Å²) in [4.78, 5) is 3.33. The van der Waals surface area contributed by atoms with Gasteiger partial charge < -0.3 is 10.3 Å². The number of aromatic nitrogens is 1. The molecule has 13 heavy (non-hydrogen) atoms. The number of rotatable bonds is 1. The van der Waals surface area contributed by atoms with Crippen molar-refractivity contribution in [2.24, 2.45) is 5.92 Å². The van der Waals surface area contributed by atoms with E-state index in [9.17, 15) is 0 Å². The lowest BCUT2D eigenvalue weighted by molar-refractivity contribution is 0.345. The van der Waals surface area contributed by atoms with E-state index < -0.39 is 0 Å². The Labute approximate surface area is 79.7 Å². The molecule has 72 valence electrons. The number of fused-ring (bicyclic) bond motifs is 1. The highest BCUT2D eigenvalue weighted by Gasteiger charge is 2.26. The van der Waals surface area contributed by atoms with Gasteiger partial charge in [-0.3, -0.25) is 0 Å². The van der Waals surface area contributed by atoms with Gasteiger partial charge in [-0.1, -0.05) is 13.8 Å². The fourth-order valence-corrected chi connectivity index (χ4v) is 2.20. The highest BCUT2D eigenvalue weighted by molar-refractivity contribution is 5.28. The van der Waals surface area contributed by atoms with E-state index in [4.69, 9.17) is 0 Å². The summed E-state index contributed by atoms with van der Waals surface area (Å²) in [7, 11) is 0. The van der Waals surface area contributed by atoms with Gasteiger partial charge in [0.05, 0.1) is 0 Å². The average molecular weight is 178 g/mol. The van der Waals surface area contributed by atoms with Crippen molar-refractivity contribution in [1.29, 1.82) is 0 Å². The molecule has 2 unspecified atom stereocenters. The van der Waals surface area contributed by atoms with Gasteiger partial charge in [0.25, 0.3) is 0 Å². The van der Waals surface area contributed by atoms with Crippen LogP contribution in [0.1, 0.15) is 38.1 Å². The highest BCUT2D eigenvalue weighted by Crippen LogP contribution is 2.29. The van der Waals surface area contributed by atoms with Crippen LogP contribution in [0, 0.1) is 5.92 Å². The lowest BCUT2D eigenvalue weighted by atomic mass is 9.90. The third-order valence-corrected chi connectivity index (χ3v) is 2.85. The summed E-state index contributed by atoms with van der Waals surface area (Å²) in [6, 6.07) is 3.34. The van der Waals surface area contributed by atoms with Crippen LogP contribution in [0.4, 0.5) is 0 Å². The van der Waals surface area contributed by atoms with Crippen LogP contribution in [0.2, 0.25) is 0 Å². The third kappa shape index (κ3) is 1.51. The van der Waals surface area contributed by atoms with Crippen LogP contribution >= 0.6 is 0 Å². The maximum Gasteiger partial charge on any atom is 0.0363 e. The maximum atomic E-state index is 3.64. The largest absolute Gasteiger partial charge is 0.365 e. The van der Waals surface area contributed by atoms with Crippen molar-refractivity contribution in [3.8, 4) is 0 Å².